The Bertz CT molecular complexity index is 541. The summed E-state index contributed by atoms with van der Waals surface area (Å²) in [5.74, 6) is 3.04. The number of rotatable bonds is 0. The molecule has 0 aromatic rings. The van der Waals surface area contributed by atoms with Crippen LogP contribution in [0.2, 0.25) is 0 Å². The van der Waals surface area contributed by atoms with Gasteiger partial charge in [0.05, 0.1) is 5.92 Å². The van der Waals surface area contributed by atoms with Crippen molar-refractivity contribution in [2.24, 2.45) is 35.0 Å². The zero-order chi connectivity index (χ0) is 16.4. The van der Waals surface area contributed by atoms with Crippen molar-refractivity contribution in [2.45, 2.75) is 77.7 Å². The summed E-state index contributed by atoms with van der Waals surface area (Å²) in [5, 5.41) is 0. The second-order valence-corrected chi connectivity index (χ2v) is 9.31. The average molecular weight is 318 g/mol. The highest BCUT2D eigenvalue weighted by atomic mass is 16.6. The first kappa shape index (κ1) is 15.7. The van der Waals surface area contributed by atoms with Crippen LogP contribution in [0.1, 0.15) is 72.1 Å². The molecule has 1 saturated heterocycles. The second-order valence-electron chi connectivity index (χ2n) is 9.31. The molecule has 0 aromatic carbocycles. The molecule has 0 amide bonds. The minimum atomic E-state index is -0.238. The van der Waals surface area contributed by atoms with Crippen LogP contribution in [-0.2, 0) is 14.3 Å². The number of ketones is 1. The Hall–Kier alpha value is -0.860. The number of Topliss-reactive ketones (excluding diaryl/α,β-unsaturated/α-hetero) is 1. The van der Waals surface area contributed by atoms with Gasteiger partial charge in [-0.15, -0.1) is 0 Å². The van der Waals surface area contributed by atoms with Gasteiger partial charge in [0, 0.05) is 18.8 Å². The summed E-state index contributed by atoms with van der Waals surface area (Å²) < 4.78 is 5.93. The van der Waals surface area contributed by atoms with E-state index >= 15 is 0 Å². The Morgan fingerprint density at radius 2 is 1.83 bits per heavy atom. The van der Waals surface area contributed by atoms with E-state index in [1.54, 1.807) is 0 Å². The first-order valence-electron chi connectivity index (χ1n) is 9.58. The summed E-state index contributed by atoms with van der Waals surface area (Å²) in [5.41, 5.74) is 0.0985. The van der Waals surface area contributed by atoms with Crippen LogP contribution >= 0.6 is 0 Å². The lowest BCUT2D eigenvalue weighted by Gasteiger charge is -2.61. The van der Waals surface area contributed by atoms with Gasteiger partial charge in [-0.05, 0) is 68.6 Å². The predicted octanol–water partition coefficient (Wildman–Crippen LogP) is 4.14. The molecule has 3 saturated carbocycles. The van der Waals surface area contributed by atoms with Crippen molar-refractivity contribution >= 4 is 11.8 Å². The Morgan fingerprint density at radius 3 is 2.61 bits per heavy atom. The van der Waals surface area contributed by atoms with Crippen molar-refractivity contribution < 1.29 is 14.3 Å². The highest BCUT2D eigenvalue weighted by Crippen LogP contribution is 2.63. The molecule has 1 aliphatic heterocycles. The first-order valence-corrected chi connectivity index (χ1v) is 9.58. The topological polar surface area (TPSA) is 43.4 Å². The molecule has 4 fully saturated rings. The van der Waals surface area contributed by atoms with Crippen molar-refractivity contribution in [1.82, 2.24) is 0 Å². The number of hydrogen-bond donors (Lipinski definition) is 0. The largest absolute Gasteiger partial charge is 0.459 e. The molecule has 4 rings (SSSR count). The zero-order valence-electron chi connectivity index (χ0n) is 14.8. The summed E-state index contributed by atoms with van der Waals surface area (Å²) >= 11 is 0. The maximum absolute atomic E-state index is 12.1. The number of hydrogen-bond acceptors (Lipinski definition) is 3. The monoisotopic (exact) mass is 318 g/mol. The van der Waals surface area contributed by atoms with Crippen LogP contribution in [0.15, 0.2) is 0 Å². The van der Waals surface area contributed by atoms with Crippen molar-refractivity contribution in [3.63, 3.8) is 0 Å². The van der Waals surface area contributed by atoms with Gasteiger partial charge in [0.1, 0.15) is 11.4 Å². The second kappa shape index (κ2) is 5.07. The van der Waals surface area contributed by atoms with Gasteiger partial charge in [0.15, 0.2) is 0 Å². The van der Waals surface area contributed by atoms with Gasteiger partial charge in [-0.25, -0.2) is 0 Å². The molecule has 3 heteroatoms. The summed E-state index contributed by atoms with van der Waals surface area (Å²) in [6, 6.07) is 0. The molecule has 0 N–H and O–H groups in total. The van der Waals surface area contributed by atoms with Gasteiger partial charge >= 0.3 is 5.97 Å². The Balaban J connectivity index is 1.63. The third kappa shape index (κ3) is 2.21. The fraction of sp³-hybridized carbons (Fsp3) is 0.900. The number of ether oxygens (including phenoxy) is 1. The van der Waals surface area contributed by atoms with Crippen LogP contribution in [0, 0.1) is 35.0 Å². The molecule has 128 valence electrons. The number of carbonyl (C=O) groups excluding carboxylic acids is 2. The van der Waals surface area contributed by atoms with E-state index in [2.05, 4.69) is 13.8 Å². The van der Waals surface area contributed by atoms with E-state index in [0.717, 1.165) is 38.0 Å². The molecule has 3 nitrogen and oxygen atoms in total. The van der Waals surface area contributed by atoms with Crippen LogP contribution in [0.4, 0.5) is 0 Å². The van der Waals surface area contributed by atoms with Crippen molar-refractivity contribution in [3.05, 3.63) is 0 Å². The molecule has 3 aliphatic carbocycles. The van der Waals surface area contributed by atoms with Crippen LogP contribution in [0.5, 0.6) is 0 Å². The van der Waals surface area contributed by atoms with E-state index in [-0.39, 0.29) is 17.5 Å². The quantitative estimate of drug-likeness (QED) is 0.630. The van der Waals surface area contributed by atoms with Gasteiger partial charge in [-0.2, -0.15) is 0 Å². The van der Waals surface area contributed by atoms with Crippen LogP contribution in [0.3, 0.4) is 0 Å². The molecule has 4 aliphatic rings. The zero-order valence-corrected chi connectivity index (χ0v) is 14.8. The van der Waals surface area contributed by atoms with Gasteiger partial charge in [-0.3, -0.25) is 9.59 Å². The van der Waals surface area contributed by atoms with E-state index < -0.39 is 0 Å². The summed E-state index contributed by atoms with van der Waals surface area (Å²) in [6.07, 6.45) is 8.26. The maximum Gasteiger partial charge on any atom is 0.309 e. The lowest BCUT2D eigenvalue weighted by Crippen LogP contribution is -2.59. The van der Waals surface area contributed by atoms with Crippen LogP contribution < -0.4 is 0 Å². The first-order chi connectivity index (χ1) is 10.8. The number of esters is 1. The molecule has 0 spiro atoms. The number of carbonyl (C=O) groups is 2. The van der Waals surface area contributed by atoms with Crippen LogP contribution in [0.25, 0.3) is 0 Å². The van der Waals surface area contributed by atoms with E-state index in [9.17, 15) is 9.59 Å². The minimum absolute atomic E-state index is 0.00496. The highest BCUT2D eigenvalue weighted by Gasteiger charge is 2.59. The summed E-state index contributed by atoms with van der Waals surface area (Å²) in [6.45, 7) is 6.66. The van der Waals surface area contributed by atoms with E-state index in [4.69, 9.17) is 4.74 Å². The van der Waals surface area contributed by atoms with Crippen molar-refractivity contribution in [1.29, 1.82) is 0 Å². The van der Waals surface area contributed by atoms with E-state index in [1.165, 1.54) is 19.3 Å². The fourth-order valence-corrected chi connectivity index (χ4v) is 6.69. The molecule has 7 atom stereocenters. The lowest BCUT2D eigenvalue weighted by atomic mass is 9.45. The van der Waals surface area contributed by atoms with Gasteiger partial charge in [0.25, 0.3) is 0 Å². The molecular weight excluding hydrogens is 288 g/mol. The molecule has 23 heavy (non-hydrogen) atoms. The molecule has 0 aromatic heterocycles. The standard InChI is InChI=1S/C20H30O3/c1-12-10-17-15-5-4-13-11-14(21)6-8-19(13,2)16(15)7-9-20(17,3)23-18(12)22/h12-13,15-17H,4-11H2,1-3H3/t12-,13-,15-,16-,17-,19+,20+/m1/s1. The number of fused-ring (bicyclic) bond motifs is 5. The fourth-order valence-electron chi connectivity index (χ4n) is 6.69. The molecule has 0 unspecified atom stereocenters. The van der Waals surface area contributed by atoms with E-state index in [1.807, 2.05) is 6.92 Å². The normalized spacial score (nSPS) is 52.9. The predicted molar refractivity (Wildman–Crippen MR) is 87.7 cm³/mol. The van der Waals surface area contributed by atoms with Crippen molar-refractivity contribution in [3.8, 4) is 0 Å². The molecule has 0 bridgehead atoms. The molecule has 0 radical (unpaired) electrons. The Morgan fingerprint density at radius 1 is 1.04 bits per heavy atom. The minimum Gasteiger partial charge on any atom is -0.459 e. The molecular formula is C20H30O3. The Labute approximate surface area is 139 Å². The van der Waals surface area contributed by atoms with Gasteiger partial charge < -0.3 is 4.74 Å². The van der Waals surface area contributed by atoms with Gasteiger partial charge in [0.2, 0.25) is 0 Å². The molecule has 1 heterocycles. The summed E-state index contributed by atoms with van der Waals surface area (Å²) in [7, 11) is 0. The van der Waals surface area contributed by atoms with Crippen molar-refractivity contribution in [2.75, 3.05) is 0 Å². The summed E-state index contributed by atoms with van der Waals surface area (Å²) in [4.78, 5) is 24.0. The SMILES string of the molecule is C[C@@H]1C[C@@H]2[C@@H]3CC[C@@H]4CC(=O)CC[C@]4(C)[C@@H]3CC[C@]2(C)OC1=O. The highest BCUT2D eigenvalue weighted by molar-refractivity contribution is 5.79. The van der Waals surface area contributed by atoms with Gasteiger partial charge in [-0.1, -0.05) is 13.8 Å². The Kier molecular flexibility index (Phi) is 3.45. The maximum atomic E-state index is 12.1. The van der Waals surface area contributed by atoms with Crippen LogP contribution in [-0.4, -0.2) is 17.4 Å². The smallest absolute Gasteiger partial charge is 0.309 e. The third-order valence-electron chi connectivity index (χ3n) is 8.16. The average Bonchev–Trinajstić information content (AvgIpc) is 2.49. The lowest BCUT2D eigenvalue weighted by molar-refractivity contribution is -0.209. The van der Waals surface area contributed by atoms with E-state index in [0.29, 0.717) is 29.0 Å². The third-order valence-corrected chi connectivity index (χ3v) is 8.16.